The number of aryl methyl sites for hydroxylation is 1. The molecule has 0 aliphatic carbocycles. The average molecular weight is 411 g/mol. The number of rotatable bonds is 5. The summed E-state index contributed by atoms with van der Waals surface area (Å²) >= 11 is 2.23. The molecule has 1 aromatic carbocycles. The van der Waals surface area contributed by atoms with Gasteiger partial charge in [-0.2, -0.15) is 9.36 Å². The van der Waals surface area contributed by atoms with Crippen LogP contribution in [0.1, 0.15) is 5.69 Å². The molecule has 11 heteroatoms. The molecule has 0 bridgehead atoms. The first-order valence-corrected chi connectivity index (χ1v) is 10.9. The summed E-state index contributed by atoms with van der Waals surface area (Å²) in [6.45, 7) is 2.04. The number of thiazole rings is 1. The van der Waals surface area contributed by atoms with Crippen molar-refractivity contribution in [2.75, 3.05) is 17.7 Å². The summed E-state index contributed by atoms with van der Waals surface area (Å²) in [5.41, 5.74) is 0.871. The van der Waals surface area contributed by atoms with Crippen molar-refractivity contribution >= 4 is 43.8 Å². The molecule has 0 saturated carbocycles. The van der Waals surface area contributed by atoms with Gasteiger partial charge in [0.05, 0.1) is 11.4 Å². The van der Waals surface area contributed by atoms with Crippen LogP contribution in [0.5, 0.6) is 11.5 Å². The Bertz CT molecular complexity index is 1030. The lowest BCUT2D eigenvalue weighted by molar-refractivity contribution is 0.106. The van der Waals surface area contributed by atoms with E-state index in [1.165, 1.54) is 11.3 Å². The molecule has 0 radical (unpaired) electrons. The van der Waals surface area contributed by atoms with Gasteiger partial charge in [0, 0.05) is 16.9 Å². The van der Waals surface area contributed by atoms with Crippen LogP contribution < -0.4 is 14.8 Å². The monoisotopic (exact) mass is 410 g/mol. The van der Waals surface area contributed by atoms with Crippen LogP contribution in [0.3, 0.4) is 0 Å². The van der Waals surface area contributed by atoms with Gasteiger partial charge < -0.3 is 9.47 Å². The number of hydrogen-bond acceptors (Lipinski definition) is 10. The minimum Gasteiger partial charge on any atom is -0.486 e. The summed E-state index contributed by atoms with van der Waals surface area (Å²) < 4.78 is 40.5. The van der Waals surface area contributed by atoms with E-state index in [9.17, 15) is 8.42 Å². The van der Waals surface area contributed by atoms with Crippen LogP contribution in [0.25, 0.3) is 0 Å². The van der Waals surface area contributed by atoms with E-state index in [1.807, 2.05) is 24.4 Å². The number of para-hydroxylation sites is 2. The first-order chi connectivity index (χ1) is 12.5. The van der Waals surface area contributed by atoms with E-state index in [1.54, 1.807) is 12.1 Å². The Morgan fingerprint density at radius 1 is 1.27 bits per heavy atom. The highest BCUT2D eigenvalue weighted by atomic mass is 32.2. The number of hydrogen-bond donors (Lipinski definition) is 1. The van der Waals surface area contributed by atoms with Crippen LogP contribution >= 0.6 is 22.9 Å². The lowest BCUT2D eigenvalue weighted by atomic mass is 10.3. The standard InChI is InChI=1S/C15H14N4O4S3/c1-9-7-24-14(16-9)17-13-18-15(25-19-13)26(20,21)8-10-6-22-11-4-2-3-5-12(11)23-10/h2-5,7,10H,6,8H2,1H3,(H,16,17,19). The van der Waals surface area contributed by atoms with Crippen LogP contribution in [-0.4, -0.2) is 41.2 Å². The fourth-order valence-electron chi connectivity index (χ4n) is 2.35. The maximum atomic E-state index is 12.6. The number of ether oxygens (including phenoxy) is 2. The Kier molecular flexibility index (Phi) is 4.51. The summed E-state index contributed by atoms with van der Waals surface area (Å²) in [4.78, 5) is 8.31. The van der Waals surface area contributed by atoms with Crippen LogP contribution in [-0.2, 0) is 9.84 Å². The molecule has 1 unspecified atom stereocenters. The molecular weight excluding hydrogens is 396 g/mol. The van der Waals surface area contributed by atoms with E-state index in [-0.39, 0.29) is 22.6 Å². The van der Waals surface area contributed by atoms with Crippen LogP contribution in [0, 0.1) is 6.92 Å². The SMILES string of the molecule is Cc1csc(Nc2nsc(S(=O)(=O)CC3COc4ccccc4O3)n2)n1. The van der Waals surface area contributed by atoms with Crippen molar-refractivity contribution in [2.24, 2.45) is 0 Å². The lowest BCUT2D eigenvalue weighted by Crippen LogP contribution is -2.35. The average Bonchev–Trinajstić information content (AvgIpc) is 3.24. The van der Waals surface area contributed by atoms with E-state index in [0.29, 0.717) is 16.6 Å². The molecular formula is C15H14N4O4S3. The molecule has 2 aromatic heterocycles. The molecule has 0 fully saturated rings. The second kappa shape index (κ2) is 6.82. The van der Waals surface area contributed by atoms with Gasteiger partial charge in [0.15, 0.2) is 16.6 Å². The van der Waals surface area contributed by atoms with Crippen molar-refractivity contribution in [3.63, 3.8) is 0 Å². The molecule has 0 amide bonds. The summed E-state index contributed by atoms with van der Waals surface area (Å²) in [5.74, 6) is 1.14. The molecule has 3 aromatic rings. The quantitative estimate of drug-likeness (QED) is 0.685. The van der Waals surface area contributed by atoms with Crippen molar-refractivity contribution < 1.29 is 17.9 Å². The third-order valence-corrected chi connectivity index (χ3v) is 7.29. The van der Waals surface area contributed by atoms with Gasteiger partial charge in [-0.25, -0.2) is 13.4 Å². The minimum absolute atomic E-state index is 0.0595. The molecule has 1 atom stereocenters. The van der Waals surface area contributed by atoms with Crippen molar-refractivity contribution in [3.8, 4) is 11.5 Å². The zero-order valence-corrected chi connectivity index (χ0v) is 16.0. The number of nitrogens with one attached hydrogen (secondary N) is 1. The molecule has 4 rings (SSSR count). The van der Waals surface area contributed by atoms with Gasteiger partial charge in [0.2, 0.25) is 20.1 Å². The number of nitrogens with zero attached hydrogens (tertiary/aromatic N) is 3. The summed E-state index contributed by atoms with van der Waals surface area (Å²) in [5, 5.41) is 5.40. The van der Waals surface area contributed by atoms with E-state index in [4.69, 9.17) is 9.47 Å². The lowest BCUT2D eigenvalue weighted by Gasteiger charge is -2.25. The third-order valence-electron chi connectivity index (χ3n) is 3.48. The molecule has 26 heavy (non-hydrogen) atoms. The van der Waals surface area contributed by atoms with E-state index in [2.05, 4.69) is 19.7 Å². The molecule has 8 nitrogen and oxygen atoms in total. The van der Waals surface area contributed by atoms with Gasteiger partial charge in [0.1, 0.15) is 12.7 Å². The van der Waals surface area contributed by atoms with Gasteiger partial charge in [-0.3, -0.25) is 5.32 Å². The number of anilines is 2. The highest BCUT2D eigenvalue weighted by Crippen LogP contribution is 2.32. The largest absolute Gasteiger partial charge is 0.486 e. The zero-order chi connectivity index (χ0) is 18.1. The Labute approximate surface area is 157 Å². The zero-order valence-electron chi connectivity index (χ0n) is 13.6. The maximum Gasteiger partial charge on any atom is 0.242 e. The number of sulfone groups is 1. The van der Waals surface area contributed by atoms with Crippen LogP contribution in [0.2, 0.25) is 0 Å². The van der Waals surface area contributed by atoms with Gasteiger partial charge >= 0.3 is 0 Å². The molecule has 1 N–H and O–H groups in total. The first kappa shape index (κ1) is 17.2. The van der Waals surface area contributed by atoms with Gasteiger partial charge in [0.25, 0.3) is 0 Å². The third kappa shape index (κ3) is 3.64. The summed E-state index contributed by atoms with van der Waals surface area (Å²) in [7, 11) is -3.65. The first-order valence-electron chi connectivity index (χ1n) is 7.64. The normalized spacial score (nSPS) is 16.4. The fourth-order valence-corrected chi connectivity index (χ4v) is 5.21. The van der Waals surface area contributed by atoms with Crippen molar-refractivity contribution in [1.29, 1.82) is 0 Å². The number of benzene rings is 1. The van der Waals surface area contributed by atoms with E-state index < -0.39 is 15.9 Å². The highest BCUT2D eigenvalue weighted by molar-refractivity contribution is 7.93. The summed E-state index contributed by atoms with van der Waals surface area (Å²) in [6.07, 6.45) is -0.600. The molecule has 1 aliphatic heterocycles. The smallest absolute Gasteiger partial charge is 0.242 e. The Hall–Kier alpha value is -2.24. The van der Waals surface area contributed by atoms with E-state index >= 15 is 0 Å². The summed E-state index contributed by atoms with van der Waals surface area (Å²) in [6, 6.07) is 7.17. The van der Waals surface area contributed by atoms with Gasteiger partial charge in [-0.1, -0.05) is 12.1 Å². The fraction of sp³-hybridized carbons (Fsp3) is 0.267. The second-order valence-electron chi connectivity index (χ2n) is 5.58. The van der Waals surface area contributed by atoms with Crippen molar-refractivity contribution in [3.05, 3.63) is 35.3 Å². The minimum atomic E-state index is -3.65. The number of fused-ring (bicyclic) bond motifs is 1. The molecule has 1 aliphatic rings. The number of aromatic nitrogens is 3. The maximum absolute atomic E-state index is 12.6. The van der Waals surface area contributed by atoms with Gasteiger partial charge in [-0.15, -0.1) is 11.3 Å². The van der Waals surface area contributed by atoms with Crippen molar-refractivity contribution in [2.45, 2.75) is 17.4 Å². The molecule has 0 spiro atoms. The van der Waals surface area contributed by atoms with Crippen molar-refractivity contribution in [1.82, 2.24) is 14.3 Å². The Morgan fingerprint density at radius 2 is 2.08 bits per heavy atom. The highest BCUT2D eigenvalue weighted by Gasteiger charge is 2.30. The molecule has 0 saturated heterocycles. The van der Waals surface area contributed by atoms with Crippen LogP contribution in [0.15, 0.2) is 34.0 Å². The Morgan fingerprint density at radius 3 is 2.85 bits per heavy atom. The second-order valence-corrected chi connectivity index (χ2v) is 9.40. The molecule has 136 valence electrons. The van der Waals surface area contributed by atoms with E-state index in [0.717, 1.165) is 17.2 Å². The van der Waals surface area contributed by atoms with Crippen LogP contribution in [0.4, 0.5) is 11.1 Å². The predicted molar refractivity (Wildman–Crippen MR) is 98.4 cm³/mol. The topological polar surface area (TPSA) is 103 Å². The Balaban J connectivity index is 1.46. The molecule has 3 heterocycles. The predicted octanol–water partition coefficient (Wildman–Crippen LogP) is 2.66. The van der Waals surface area contributed by atoms with Gasteiger partial charge in [-0.05, 0) is 19.1 Å².